The molecule has 23 heavy (non-hydrogen) atoms. The van der Waals surface area contributed by atoms with Gasteiger partial charge in [0, 0.05) is 25.4 Å². The van der Waals surface area contributed by atoms with E-state index >= 15 is 0 Å². The van der Waals surface area contributed by atoms with Crippen LogP contribution >= 0.6 is 11.8 Å². The monoisotopic (exact) mass is 331 g/mol. The highest BCUT2D eigenvalue weighted by Gasteiger charge is 2.18. The molecule has 1 heterocycles. The number of thioether (sulfide) groups is 1. The number of para-hydroxylation sites is 1. The summed E-state index contributed by atoms with van der Waals surface area (Å²) in [5.41, 5.74) is 2.06. The first-order chi connectivity index (χ1) is 11.1. The number of aromatic nitrogens is 2. The second kappa shape index (κ2) is 8.77. The van der Waals surface area contributed by atoms with Crippen LogP contribution in [0.5, 0.6) is 0 Å². The summed E-state index contributed by atoms with van der Waals surface area (Å²) < 4.78 is 1.84. The molecule has 1 amide bonds. The van der Waals surface area contributed by atoms with Gasteiger partial charge in [-0.3, -0.25) is 4.79 Å². The lowest BCUT2D eigenvalue weighted by atomic mass is 10.3. The lowest BCUT2D eigenvalue weighted by Crippen LogP contribution is -2.32. The standard InChI is InChI=1S/C18H25N3OS/c1-4-5-11-23-15(2)18(22)20(3)13-16-12-19-21(14-16)17-9-7-6-8-10-17/h6-10,12,14-15H,4-5,11,13H2,1-3H3. The molecule has 1 aromatic heterocycles. The van der Waals surface area contributed by atoms with Crippen LogP contribution in [-0.2, 0) is 11.3 Å². The van der Waals surface area contributed by atoms with Gasteiger partial charge in [0.15, 0.2) is 0 Å². The minimum atomic E-state index is 0.00992. The highest BCUT2D eigenvalue weighted by Crippen LogP contribution is 2.16. The van der Waals surface area contributed by atoms with E-state index in [1.165, 1.54) is 6.42 Å². The third-order valence-corrected chi connectivity index (χ3v) is 4.89. The second-order valence-electron chi connectivity index (χ2n) is 5.69. The van der Waals surface area contributed by atoms with Crippen LogP contribution in [-0.4, -0.2) is 38.6 Å². The number of hydrogen-bond acceptors (Lipinski definition) is 3. The van der Waals surface area contributed by atoms with Crippen LogP contribution in [0.25, 0.3) is 5.69 Å². The van der Waals surface area contributed by atoms with Gasteiger partial charge in [-0.15, -0.1) is 11.8 Å². The van der Waals surface area contributed by atoms with Gasteiger partial charge < -0.3 is 4.90 Å². The molecule has 0 aliphatic rings. The number of nitrogens with zero attached hydrogens (tertiary/aromatic N) is 3. The Bertz CT molecular complexity index is 612. The normalized spacial score (nSPS) is 12.1. The molecule has 0 saturated heterocycles. The lowest BCUT2D eigenvalue weighted by molar-refractivity contribution is -0.129. The van der Waals surface area contributed by atoms with Crippen molar-refractivity contribution in [3.05, 3.63) is 48.3 Å². The van der Waals surface area contributed by atoms with Crippen LogP contribution in [0.4, 0.5) is 0 Å². The molecular formula is C18H25N3OS. The third kappa shape index (κ3) is 5.13. The minimum absolute atomic E-state index is 0.00992. The van der Waals surface area contributed by atoms with E-state index in [1.807, 2.05) is 61.4 Å². The van der Waals surface area contributed by atoms with Crippen molar-refractivity contribution < 1.29 is 4.79 Å². The molecule has 4 nitrogen and oxygen atoms in total. The summed E-state index contributed by atoms with van der Waals surface area (Å²) in [5, 5.41) is 4.39. The molecule has 1 atom stereocenters. The van der Waals surface area contributed by atoms with E-state index < -0.39 is 0 Å². The zero-order valence-corrected chi connectivity index (χ0v) is 14.9. The molecule has 5 heteroatoms. The fourth-order valence-electron chi connectivity index (χ4n) is 2.30. The van der Waals surface area contributed by atoms with E-state index in [0.29, 0.717) is 6.54 Å². The fraction of sp³-hybridized carbons (Fsp3) is 0.444. The predicted octanol–water partition coefficient (Wildman–Crippen LogP) is 3.75. The fourth-order valence-corrected chi connectivity index (χ4v) is 3.43. The number of unbranched alkanes of at least 4 members (excludes halogenated alkanes) is 1. The molecule has 0 radical (unpaired) electrons. The topological polar surface area (TPSA) is 38.1 Å². The molecule has 0 saturated carbocycles. The summed E-state index contributed by atoms with van der Waals surface area (Å²) in [6.07, 6.45) is 6.14. The van der Waals surface area contributed by atoms with Gasteiger partial charge in [-0.1, -0.05) is 31.5 Å². The van der Waals surface area contributed by atoms with E-state index in [1.54, 1.807) is 16.7 Å². The van der Waals surface area contributed by atoms with Gasteiger partial charge in [-0.05, 0) is 31.2 Å². The van der Waals surface area contributed by atoms with Crippen LogP contribution in [0.1, 0.15) is 32.3 Å². The van der Waals surface area contributed by atoms with Gasteiger partial charge in [0.1, 0.15) is 0 Å². The van der Waals surface area contributed by atoms with Gasteiger partial charge in [0.25, 0.3) is 0 Å². The first kappa shape index (κ1) is 17.6. The Labute approximate surface area is 142 Å². The van der Waals surface area contributed by atoms with Crippen molar-refractivity contribution in [2.75, 3.05) is 12.8 Å². The van der Waals surface area contributed by atoms with Crippen LogP contribution in [0, 0.1) is 0 Å². The number of carbonyl (C=O) groups is 1. The summed E-state index contributed by atoms with van der Waals surface area (Å²) in [5.74, 6) is 1.22. The number of hydrogen-bond donors (Lipinski definition) is 0. The lowest BCUT2D eigenvalue weighted by Gasteiger charge is -2.20. The van der Waals surface area contributed by atoms with Crippen LogP contribution in [0.2, 0.25) is 0 Å². The SMILES string of the molecule is CCCCSC(C)C(=O)N(C)Cc1cnn(-c2ccccc2)c1. The van der Waals surface area contributed by atoms with Crippen molar-refractivity contribution in [3.63, 3.8) is 0 Å². The van der Waals surface area contributed by atoms with Crippen molar-refractivity contribution in [3.8, 4) is 5.69 Å². The molecule has 0 fully saturated rings. The van der Waals surface area contributed by atoms with E-state index in [2.05, 4.69) is 12.0 Å². The molecular weight excluding hydrogens is 306 g/mol. The van der Waals surface area contributed by atoms with Gasteiger partial charge >= 0.3 is 0 Å². The van der Waals surface area contributed by atoms with E-state index in [-0.39, 0.29) is 11.2 Å². The summed E-state index contributed by atoms with van der Waals surface area (Å²) in [7, 11) is 1.86. The van der Waals surface area contributed by atoms with Gasteiger partial charge in [0.2, 0.25) is 5.91 Å². The molecule has 2 rings (SSSR count). The van der Waals surface area contributed by atoms with Crippen molar-refractivity contribution in [1.29, 1.82) is 0 Å². The zero-order valence-electron chi connectivity index (χ0n) is 14.1. The highest BCUT2D eigenvalue weighted by molar-refractivity contribution is 8.00. The molecule has 0 bridgehead atoms. The average Bonchev–Trinajstić information content (AvgIpc) is 3.03. The third-order valence-electron chi connectivity index (χ3n) is 3.67. The number of rotatable bonds is 8. The Kier molecular flexibility index (Phi) is 6.71. The molecule has 124 valence electrons. The van der Waals surface area contributed by atoms with Crippen molar-refractivity contribution in [2.24, 2.45) is 0 Å². The number of carbonyl (C=O) groups excluding carboxylic acids is 1. The number of benzene rings is 1. The smallest absolute Gasteiger partial charge is 0.235 e. The minimum Gasteiger partial charge on any atom is -0.340 e. The summed E-state index contributed by atoms with van der Waals surface area (Å²) >= 11 is 1.74. The van der Waals surface area contributed by atoms with Gasteiger partial charge in [0.05, 0.1) is 17.1 Å². The summed E-state index contributed by atoms with van der Waals surface area (Å²) in [4.78, 5) is 14.2. The van der Waals surface area contributed by atoms with E-state index in [0.717, 1.165) is 23.4 Å². The maximum Gasteiger partial charge on any atom is 0.235 e. The highest BCUT2D eigenvalue weighted by atomic mass is 32.2. The van der Waals surface area contributed by atoms with Crippen molar-refractivity contribution in [2.45, 2.75) is 38.5 Å². The molecule has 0 N–H and O–H groups in total. The first-order valence-corrected chi connectivity index (χ1v) is 9.12. The Hall–Kier alpha value is -1.75. The molecule has 0 spiro atoms. The average molecular weight is 331 g/mol. The van der Waals surface area contributed by atoms with Crippen LogP contribution in [0.3, 0.4) is 0 Å². The summed E-state index contributed by atoms with van der Waals surface area (Å²) in [6, 6.07) is 9.98. The predicted molar refractivity (Wildman–Crippen MR) is 96.9 cm³/mol. The van der Waals surface area contributed by atoms with Crippen LogP contribution < -0.4 is 0 Å². The maximum absolute atomic E-state index is 12.4. The second-order valence-corrected chi connectivity index (χ2v) is 7.14. The Balaban J connectivity index is 1.91. The molecule has 1 unspecified atom stereocenters. The summed E-state index contributed by atoms with van der Waals surface area (Å²) in [6.45, 7) is 4.75. The molecule has 1 aromatic carbocycles. The van der Waals surface area contributed by atoms with E-state index in [9.17, 15) is 4.79 Å². The molecule has 2 aromatic rings. The molecule has 0 aliphatic heterocycles. The molecule has 0 aliphatic carbocycles. The first-order valence-electron chi connectivity index (χ1n) is 8.07. The van der Waals surface area contributed by atoms with E-state index in [4.69, 9.17) is 0 Å². The van der Waals surface area contributed by atoms with Crippen molar-refractivity contribution >= 4 is 17.7 Å². The largest absolute Gasteiger partial charge is 0.340 e. The zero-order chi connectivity index (χ0) is 16.7. The Morgan fingerprint density at radius 3 is 2.78 bits per heavy atom. The quantitative estimate of drug-likeness (QED) is 0.691. The number of amides is 1. The van der Waals surface area contributed by atoms with Crippen molar-refractivity contribution in [1.82, 2.24) is 14.7 Å². The van der Waals surface area contributed by atoms with Gasteiger partial charge in [-0.2, -0.15) is 5.10 Å². The Morgan fingerprint density at radius 1 is 1.35 bits per heavy atom. The van der Waals surface area contributed by atoms with Crippen LogP contribution in [0.15, 0.2) is 42.7 Å². The van der Waals surface area contributed by atoms with Gasteiger partial charge in [-0.25, -0.2) is 4.68 Å². The Morgan fingerprint density at radius 2 is 2.09 bits per heavy atom. The maximum atomic E-state index is 12.4.